The highest BCUT2D eigenvalue weighted by Crippen LogP contribution is 2.31. The highest BCUT2D eigenvalue weighted by molar-refractivity contribution is 9.10. The largest absolute Gasteiger partial charge is 0.368 e. The Morgan fingerprint density at radius 1 is 1.43 bits per heavy atom. The first-order valence-corrected chi connectivity index (χ1v) is 7.02. The van der Waals surface area contributed by atoms with E-state index in [-0.39, 0.29) is 16.1 Å². The summed E-state index contributed by atoms with van der Waals surface area (Å²) in [4.78, 5) is 22.2. The molecule has 1 aromatic carbocycles. The van der Waals surface area contributed by atoms with Crippen LogP contribution in [-0.2, 0) is 4.79 Å². The zero-order chi connectivity index (χ0) is 16.4. The van der Waals surface area contributed by atoms with E-state index in [1.165, 1.54) is 6.07 Å². The number of carbonyl (C=O) groups is 1. The van der Waals surface area contributed by atoms with Crippen LogP contribution in [0.5, 0.6) is 0 Å². The minimum atomic E-state index is -0.737. The molecule has 0 saturated heterocycles. The van der Waals surface area contributed by atoms with E-state index in [1.807, 2.05) is 20.8 Å². The Balaban J connectivity index is 2.99. The lowest BCUT2D eigenvalue weighted by Crippen LogP contribution is -2.47. The van der Waals surface area contributed by atoms with Crippen molar-refractivity contribution in [3.8, 4) is 0 Å². The van der Waals surface area contributed by atoms with Gasteiger partial charge in [0.15, 0.2) is 0 Å². The lowest BCUT2D eigenvalue weighted by molar-refractivity contribution is -0.384. The van der Waals surface area contributed by atoms with Crippen molar-refractivity contribution < 1.29 is 14.1 Å². The molecule has 0 aromatic heterocycles. The highest BCUT2D eigenvalue weighted by atomic mass is 79.9. The summed E-state index contributed by atoms with van der Waals surface area (Å²) >= 11 is 2.97. The number of nitro groups is 1. The van der Waals surface area contributed by atoms with E-state index in [0.29, 0.717) is 0 Å². The van der Waals surface area contributed by atoms with Gasteiger partial charge in [-0.2, -0.15) is 0 Å². The first-order valence-electron chi connectivity index (χ1n) is 6.23. The van der Waals surface area contributed by atoms with Crippen LogP contribution in [0.2, 0.25) is 0 Å². The van der Waals surface area contributed by atoms with Crippen molar-refractivity contribution >= 4 is 33.2 Å². The quantitative estimate of drug-likeness (QED) is 0.636. The van der Waals surface area contributed by atoms with E-state index in [9.17, 15) is 19.3 Å². The second-order valence-corrected chi connectivity index (χ2v) is 6.50. The van der Waals surface area contributed by atoms with E-state index < -0.39 is 28.0 Å². The van der Waals surface area contributed by atoms with Crippen LogP contribution in [0.1, 0.15) is 27.7 Å². The number of rotatable bonds is 4. The average Bonchev–Trinajstić information content (AvgIpc) is 2.30. The summed E-state index contributed by atoms with van der Waals surface area (Å²) < 4.78 is 13.5. The molecular weight excluding hydrogens is 345 g/mol. The summed E-state index contributed by atoms with van der Waals surface area (Å²) in [5.74, 6) is -1.05. The molecular formula is C13H17BrFN3O3. The van der Waals surface area contributed by atoms with Gasteiger partial charge in [0, 0.05) is 5.54 Å². The Morgan fingerprint density at radius 2 is 2.00 bits per heavy atom. The standard InChI is InChI=1S/C13H17BrFN3O3/c1-7(12(19)17-13(2,3)4)16-10-5-8(14)9(15)6-11(10)18(20)21/h5-7,16H,1-4H3,(H,17,19). The average molecular weight is 362 g/mol. The van der Waals surface area contributed by atoms with Crippen LogP contribution in [-0.4, -0.2) is 22.4 Å². The Hall–Kier alpha value is -1.70. The molecule has 0 fully saturated rings. The van der Waals surface area contributed by atoms with Gasteiger partial charge >= 0.3 is 0 Å². The molecule has 0 aliphatic carbocycles. The minimum Gasteiger partial charge on any atom is -0.368 e. The number of halogens is 2. The minimum absolute atomic E-state index is 0.0739. The van der Waals surface area contributed by atoms with E-state index in [1.54, 1.807) is 6.92 Å². The lowest BCUT2D eigenvalue weighted by atomic mass is 10.1. The summed E-state index contributed by atoms with van der Waals surface area (Å²) in [7, 11) is 0. The number of hydrogen-bond acceptors (Lipinski definition) is 4. The van der Waals surface area contributed by atoms with Gasteiger partial charge in [-0.15, -0.1) is 0 Å². The van der Waals surface area contributed by atoms with Crippen LogP contribution < -0.4 is 10.6 Å². The monoisotopic (exact) mass is 361 g/mol. The molecule has 8 heteroatoms. The summed E-state index contributed by atoms with van der Waals surface area (Å²) in [6.07, 6.45) is 0. The Labute approximate surface area is 130 Å². The van der Waals surface area contributed by atoms with E-state index >= 15 is 0 Å². The smallest absolute Gasteiger partial charge is 0.295 e. The summed E-state index contributed by atoms with van der Waals surface area (Å²) in [6, 6.07) is 1.34. The second-order valence-electron chi connectivity index (χ2n) is 5.65. The van der Waals surface area contributed by atoms with Crippen molar-refractivity contribution in [3.63, 3.8) is 0 Å². The maximum absolute atomic E-state index is 13.4. The fourth-order valence-corrected chi connectivity index (χ4v) is 1.92. The number of anilines is 1. The van der Waals surface area contributed by atoms with Gasteiger partial charge in [-0.25, -0.2) is 4.39 Å². The number of benzene rings is 1. The molecule has 21 heavy (non-hydrogen) atoms. The molecule has 0 aliphatic heterocycles. The van der Waals surface area contributed by atoms with Crippen LogP contribution in [0.3, 0.4) is 0 Å². The SMILES string of the molecule is CC(Nc1cc(Br)c(F)cc1[N+](=O)[O-])C(=O)NC(C)(C)C. The maximum atomic E-state index is 13.4. The van der Waals surface area contributed by atoms with Crippen molar-refractivity contribution in [2.45, 2.75) is 39.3 Å². The first-order chi connectivity index (χ1) is 9.51. The van der Waals surface area contributed by atoms with Gasteiger partial charge in [0.25, 0.3) is 5.69 Å². The molecule has 1 atom stereocenters. The molecule has 0 aliphatic rings. The molecule has 1 aromatic rings. The first kappa shape index (κ1) is 17.4. The normalized spacial score (nSPS) is 12.7. The van der Waals surface area contributed by atoms with E-state index in [4.69, 9.17) is 0 Å². The molecule has 1 rings (SSSR count). The second kappa shape index (κ2) is 6.38. The Kier molecular flexibility index (Phi) is 5.27. The molecule has 2 N–H and O–H groups in total. The molecule has 0 radical (unpaired) electrons. The molecule has 0 heterocycles. The van der Waals surface area contributed by atoms with Gasteiger partial charge in [0.05, 0.1) is 15.5 Å². The number of hydrogen-bond donors (Lipinski definition) is 2. The van der Waals surface area contributed by atoms with Crippen LogP contribution in [0.25, 0.3) is 0 Å². The number of nitrogens with one attached hydrogen (secondary N) is 2. The number of nitro benzene ring substituents is 1. The maximum Gasteiger partial charge on any atom is 0.295 e. The Morgan fingerprint density at radius 3 is 2.48 bits per heavy atom. The predicted molar refractivity (Wildman–Crippen MR) is 81.7 cm³/mol. The van der Waals surface area contributed by atoms with Crippen molar-refractivity contribution in [2.24, 2.45) is 0 Å². The molecule has 0 saturated carbocycles. The number of carbonyl (C=O) groups excluding carboxylic acids is 1. The van der Waals surface area contributed by atoms with E-state index in [0.717, 1.165) is 6.07 Å². The number of amides is 1. The Bertz CT molecular complexity index is 573. The van der Waals surface area contributed by atoms with Crippen molar-refractivity contribution in [1.29, 1.82) is 0 Å². The predicted octanol–water partition coefficient (Wildman–Crippen LogP) is 3.21. The van der Waals surface area contributed by atoms with Gasteiger partial charge in [0.2, 0.25) is 5.91 Å². The van der Waals surface area contributed by atoms with Gasteiger partial charge in [-0.1, -0.05) is 0 Å². The summed E-state index contributed by atoms with van der Waals surface area (Å²) in [5, 5.41) is 16.4. The lowest BCUT2D eigenvalue weighted by Gasteiger charge is -2.24. The van der Waals surface area contributed by atoms with Crippen LogP contribution in [0.4, 0.5) is 15.8 Å². The van der Waals surface area contributed by atoms with Crippen LogP contribution in [0, 0.1) is 15.9 Å². The molecule has 1 unspecified atom stereocenters. The molecule has 1 amide bonds. The molecule has 116 valence electrons. The van der Waals surface area contributed by atoms with Crippen LogP contribution in [0.15, 0.2) is 16.6 Å². The van der Waals surface area contributed by atoms with Crippen molar-refractivity contribution in [3.05, 3.63) is 32.5 Å². The van der Waals surface area contributed by atoms with Crippen LogP contribution >= 0.6 is 15.9 Å². The molecule has 0 bridgehead atoms. The fourth-order valence-electron chi connectivity index (χ4n) is 1.58. The van der Waals surface area contributed by atoms with E-state index in [2.05, 4.69) is 26.6 Å². The molecule has 0 spiro atoms. The van der Waals surface area contributed by atoms with Gasteiger partial charge in [0.1, 0.15) is 17.5 Å². The van der Waals surface area contributed by atoms with Gasteiger partial charge in [-0.05, 0) is 49.7 Å². The molecule has 6 nitrogen and oxygen atoms in total. The summed E-state index contributed by atoms with van der Waals surface area (Å²) in [5.41, 5.74) is -0.765. The third-order valence-corrected chi connectivity index (χ3v) is 3.11. The van der Waals surface area contributed by atoms with Crippen molar-refractivity contribution in [2.75, 3.05) is 5.32 Å². The zero-order valence-corrected chi connectivity index (χ0v) is 13.7. The third kappa shape index (κ3) is 4.96. The van der Waals surface area contributed by atoms with Gasteiger partial charge < -0.3 is 10.6 Å². The number of nitrogens with zero attached hydrogens (tertiary/aromatic N) is 1. The van der Waals surface area contributed by atoms with Crippen molar-refractivity contribution in [1.82, 2.24) is 5.32 Å². The zero-order valence-electron chi connectivity index (χ0n) is 12.2. The topological polar surface area (TPSA) is 84.3 Å². The van der Waals surface area contributed by atoms with Gasteiger partial charge in [-0.3, -0.25) is 14.9 Å². The third-order valence-electron chi connectivity index (χ3n) is 2.50. The fraction of sp³-hybridized carbons (Fsp3) is 0.462. The highest BCUT2D eigenvalue weighted by Gasteiger charge is 2.23. The summed E-state index contributed by atoms with van der Waals surface area (Å²) in [6.45, 7) is 7.06.